The number of hydrogen-bond acceptors (Lipinski definition) is 3. The van der Waals surface area contributed by atoms with E-state index in [0.29, 0.717) is 6.04 Å². The second kappa shape index (κ2) is 5.47. The number of nitrogens with two attached hydrogens (primary N) is 1. The van der Waals surface area contributed by atoms with Gasteiger partial charge in [-0.05, 0) is 25.7 Å². The number of primary amides is 1. The largest absolute Gasteiger partial charge is 0.378 e. The lowest BCUT2D eigenvalue weighted by Gasteiger charge is -2.31. The second-order valence-electron chi connectivity index (χ2n) is 4.69. The van der Waals surface area contributed by atoms with Crippen molar-refractivity contribution in [2.24, 2.45) is 11.7 Å². The Morgan fingerprint density at radius 1 is 1.53 bits per heavy atom. The van der Waals surface area contributed by atoms with Gasteiger partial charge < -0.3 is 15.8 Å². The molecule has 4 nitrogen and oxygen atoms in total. The first-order chi connectivity index (χ1) is 7.00. The van der Waals surface area contributed by atoms with Gasteiger partial charge in [-0.25, -0.2) is 0 Å². The van der Waals surface area contributed by atoms with Crippen LogP contribution in [0.1, 0.15) is 33.6 Å². The van der Waals surface area contributed by atoms with Crippen molar-refractivity contribution in [2.75, 3.05) is 6.61 Å². The van der Waals surface area contributed by atoms with E-state index in [9.17, 15) is 4.79 Å². The Balaban J connectivity index is 2.46. The minimum atomic E-state index is -0.260. The Kier molecular flexibility index (Phi) is 4.54. The van der Waals surface area contributed by atoms with Crippen LogP contribution in [0.15, 0.2) is 0 Å². The van der Waals surface area contributed by atoms with Crippen LogP contribution in [0.25, 0.3) is 0 Å². The summed E-state index contributed by atoms with van der Waals surface area (Å²) in [4.78, 5) is 11.2. The van der Waals surface area contributed by atoms with Gasteiger partial charge in [-0.1, -0.05) is 13.8 Å². The van der Waals surface area contributed by atoms with E-state index in [0.717, 1.165) is 19.4 Å². The van der Waals surface area contributed by atoms with E-state index in [1.54, 1.807) is 0 Å². The highest BCUT2D eigenvalue weighted by Crippen LogP contribution is 2.15. The maximum Gasteiger partial charge on any atom is 0.234 e. The predicted octanol–water partition coefficient (Wildman–Crippen LogP) is 0.653. The first kappa shape index (κ1) is 12.5. The molecule has 0 aromatic carbocycles. The fourth-order valence-corrected chi connectivity index (χ4v) is 2.01. The van der Waals surface area contributed by atoms with E-state index < -0.39 is 0 Å². The molecule has 0 bridgehead atoms. The quantitative estimate of drug-likeness (QED) is 0.722. The van der Waals surface area contributed by atoms with Gasteiger partial charge in [0.25, 0.3) is 0 Å². The van der Waals surface area contributed by atoms with E-state index >= 15 is 0 Å². The number of ether oxygens (including phenoxy) is 1. The summed E-state index contributed by atoms with van der Waals surface area (Å²) < 4.78 is 5.45. The summed E-state index contributed by atoms with van der Waals surface area (Å²) in [6, 6.07) is 0.133. The highest BCUT2D eigenvalue weighted by Gasteiger charge is 2.26. The number of nitrogens with one attached hydrogen (secondary N) is 1. The molecule has 0 aromatic rings. The molecule has 1 saturated heterocycles. The van der Waals surface area contributed by atoms with Crippen LogP contribution in [0.5, 0.6) is 0 Å². The van der Waals surface area contributed by atoms with Crippen molar-refractivity contribution < 1.29 is 9.53 Å². The number of hydrogen-bond donors (Lipinski definition) is 2. The van der Waals surface area contributed by atoms with E-state index in [-0.39, 0.29) is 24.0 Å². The minimum absolute atomic E-state index is 0.222. The van der Waals surface area contributed by atoms with Gasteiger partial charge in [-0.2, -0.15) is 0 Å². The highest BCUT2D eigenvalue weighted by atomic mass is 16.5. The van der Waals surface area contributed by atoms with Crippen LogP contribution in [0.4, 0.5) is 0 Å². The van der Waals surface area contributed by atoms with E-state index in [2.05, 4.69) is 12.2 Å². The maximum absolute atomic E-state index is 11.2. The maximum atomic E-state index is 11.2. The molecule has 1 aliphatic heterocycles. The third-order valence-electron chi connectivity index (χ3n) is 2.87. The number of rotatable bonds is 4. The Bertz CT molecular complexity index is 219. The van der Waals surface area contributed by atoms with Gasteiger partial charge in [-0.3, -0.25) is 4.79 Å². The molecule has 1 fully saturated rings. The van der Waals surface area contributed by atoms with Gasteiger partial charge >= 0.3 is 0 Å². The molecule has 4 heteroatoms. The summed E-state index contributed by atoms with van der Waals surface area (Å²) in [5.41, 5.74) is 5.36. The van der Waals surface area contributed by atoms with Gasteiger partial charge in [0.2, 0.25) is 5.91 Å². The van der Waals surface area contributed by atoms with Crippen molar-refractivity contribution in [3.05, 3.63) is 0 Å². The summed E-state index contributed by atoms with van der Waals surface area (Å²) in [5, 5.41) is 3.33. The lowest BCUT2D eigenvalue weighted by atomic mass is 9.98. The van der Waals surface area contributed by atoms with Crippen LogP contribution in [0.2, 0.25) is 0 Å². The van der Waals surface area contributed by atoms with Gasteiger partial charge in [0.1, 0.15) is 0 Å². The summed E-state index contributed by atoms with van der Waals surface area (Å²) >= 11 is 0. The molecule has 1 aliphatic rings. The molecule has 1 amide bonds. The molecule has 0 radical (unpaired) electrons. The van der Waals surface area contributed by atoms with Crippen molar-refractivity contribution in [3.63, 3.8) is 0 Å². The molecule has 3 unspecified atom stereocenters. The molecule has 1 rings (SSSR count). The number of carbonyl (C=O) groups excluding carboxylic acids is 1. The molecule has 1 heterocycles. The molecule has 15 heavy (non-hydrogen) atoms. The standard InChI is InChI=1S/C11H22N2O2/c1-7(2)10(11(12)14)13-9-4-5-15-8(3)6-9/h7-10,13H,4-6H2,1-3H3,(H2,12,14). The van der Waals surface area contributed by atoms with Gasteiger partial charge in [0.15, 0.2) is 0 Å². The predicted molar refractivity (Wildman–Crippen MR) is 59.4 cm³/mol. The average molecular weight is 214 g/mol. The van der Waals surface area contributed by atoms with Crippen LogP contribution in [-0.4, -0.2) is 30.7 Å². The van der Waals surface area contributed by atoms with Crippen molar-refractivity contribution in [1.82, 2.24) is 5.32 Å². The number of amides is 1. The van der Waals surface area contributed by atoms with Gasteiger partial charge in [0.05, 0.1) is 12.1 Å². The Morgan fingerprint density at radius 2 is 2.20 bits per heavy atom. The highest BCUT2D eigenvalue weighted by molar-refractivity contribution is 5.80. The van der Waals surface area contributed by atoms with Crippen molar-refractivity contribution in [3.8, 4) is 0 Å². The number of carbonyl (C=O) groups is 1. The van der Waals surface area contributed by atoms with Crippen LogP contribution >= 0.6 is 0 Å². The van der Waals surface area contributed by atoms with Crippen LogP contribution in [0.3, 0.4) is 0 Å². The zero-order valence-corrected chi connectivity index (χ0v) is 9.82. The zero-order chi connectivity index (χ0) is 11.4. The fourth-order valence-electron chi connectivity index (χ4n) is 2.01. The Hall–Kier alpha value is -0.610. The fraction of sp³-hybridized carbons (Fsp3) is 0.909. The molecule has 0 spiro atoms. The lowest BCUT2D eigenvalue weighted by molar-refractivity contribution is -0.121. The molecule has 3 N–H and O–H groups in total. The van der Waals surface area contributed by atoms with Crippen molar-refractivity contribution in [1.29, 1.82) is 0 Å². The minimum Gasteiger partial charge on any atom is -0.378 e. The monoisotopic (exact) mass is 214 g/mol. The summed E-state index contributed by atoms with van der Waals surface area (Å²) in [7, 11) is 0. The second-order valence-corrected chi connectivity index (χ2v) is 4.69. The molecule has 0 aromatic heterocycles. The van der Waals surface area contributed by atoms with E-state index in [1.807, 2.05) is 13.8 Å². The van der Waals surface area contributed by atoms with Crippen LogP contribution < -0.4 is 11.1 Å². The molecule has 88 valence electrons. The zero-order valence-electron chi connectivity index (χ0n) is 9.82. The van der Waals surface area contributed by atoms with Crippen LogP contribution in [0, 0.1) is 5.92 Å². The van der Waals surface area contributed by atoms with Crippen molar-refractivity contribution in [2.45, 2.75) is 51.8 Å². The lowest BCUT2D eigenvalue weighted by Crippen LogP contribution is -2.51. The Labute approximate surface area is 91.5 Å². The Morgan fingerprint density at radius 3 is 2.67 bits per heavy atom. The van der Waals surface area contributed by atoms with Gasteiger partial charge in [0, 0.05) is 12.6 Å². The first-order valence-corrected chi connectivity index (χ1v) is 5.67. The first-order valence-electron chi connectivity index (χ1n) is 5.67. The van der Waals surface area contributed by atoms with Crippen LogP contribution in [-0.2, 0) is 9.53 Å². The molecule has 0 aliphatic carbocycles. The average Bonchev–Trinajstić information content (AvgIpc) is 2.13. The van der Waals surface area contributed by atoms with E-state index in [1.165, 1.54) is 0 Å². The molecule has 3 atom stereocenters. The molecular formula is C11H22N2O2. The van der Waals surface area contributed by atoms with Gasteiger partial charge in [-0.15, -0.1) is 0 Å². The normalized spacial score (nSPS) is 29.1. The summed E-state index contributed by atoms with van der Waals surface area (Å²) in [5.74, 6) is -0.0233. The smallest absolute Gasteiger partial charge is 0.234 e. The SMILES string of the molecule is CC1CC(NC(C(N)=O)C(C)C)CCO1. The molecular weight excluding hydrogens is 192 g/mol. The summed E-state index contributed by atoms with van der Waals surface area (Å²) in [6.07, 6.45) is 2.19. The third-order valence-corrected chi connectivity index (χ3v) is 2.87. The summed E-state index contributed by atoms with van der Waals surface area (Å²) in [6.45, 7) is 6.83. The molecule has 0 saturated carbocycles. The van der Waals surface area contributed by atoms with Crippen molar-refractivity contribution >= 4 is 5.91 Å². The topological polar surface area (TPSA) is 64.3 Å². The third kappa shape index (κ3) is 3.80. The van der Waals surface area contributed by atoms with E-state index in [4.69, 9.17) is 10.5 Å².